The fraction of sp³-hybridized carbons (Fsp3) is 0.304. The van der Waals surface area contributed by atoms with Gasteiger partial charge in [-0.15, -0.1) is 24.8 Å². The van der Waals surface area contributed by atoms with Gasteiger partial charge >= 0.3 is 154 Å². The van der Waals surface area contributed by atoms with Gasteiger partial charge in [-0.1, -0.05) is 0 Å². The average molecular weight is 459 g/mol. The van der Waals surface area contributed by atoms with Crippen molar-refractivity contribution >= 4 is 43.3 Å². The Labute approximate surface area is 177 Å². The topological polar surface area (TPSA) is 0 Å². The Morgan fingerprint density at radius 2 is 1.26 bits per heavy atom. The molecule has 0 spiro atoms. The molecule has 148 valence electrons. The summed E-state index contributed by atoms with van der Waals surface area (Å²) >= 11 is -3.14. The van der Waals surface area contributed by atoms with Gasteiger partial charge in [-0.3, -0.25) is 0 Å². The van der Waals surface area contributed by atoms with Crippen LogP contribution in [0, 0.1) is 0 Å². The standard InChI is InChI=1S/C14H14P.C5H5.4CH3.2ClH.Ti/c1-2-15(13-9-5-3-6-10-13)14-11-7-4-8-12-14;1-2-4-5-3-1;;;;;;;/h3-12H,1-2H2;1-3H,4H2;4*1H3;2*1H;. The molecule has 0 saturated carbocycles. The molecule has 0 nitrogen and oxygen atoms in total. The molecule has 2 aromatic rings. The Morgan fingerprint density at radius 3 is 1.67 bits per heavy atom. The summed E-state index contributed by atoms with van der Waals surface area (Å²) in [7, 11) is -0.294. The van der Waals surface area contributed by atoms with Gasteiger partial charge in [0.2, 0.25) is 0 Å². The third-order valence-electron chi connectivity index (χ3n) is 5.88. The van der Waals surface area contributed by atoms with E-state index in [-0.39, 0.29) is 32.7 Å². The van der Waals surface area contributed by atoms with Crippen LogP contribution in [-0.4, -0.2) is 6.16 Å². The van der Waals surface area contributed by atoms with E-state index in [1.165, 1.54) is 27.9 Å². The van der Waals surface area contributed by atoms with Gasteiger partial charge in [0.1, 0.15) is 0 Å². The van der Waals surface area contributed by atoms with E-state index in [1.54, 1.807) is 3.88 Å². The molecule has 27 heavy (non-hydrogen) atoms. The van der Waals surface area contributed by atoms with Crippen LogP contribution in [0.4, 0.5) is 0 Å². The zero-order chi connectivity index (χ0) is 18.0. The second kappa shape index (κ2) is 8.56. The van der Waals surface area contributed by atoms with Crippen LogP contribution in [-0.2, 0) is 14.0 Å². The molecule has 0 fully saturated rings. The van der Waals surface area contributed by atoms with E-state index >= 15 is 0 Å². The maximum absolute atomic E-state index is 3.14. The van der Waals surface area contributed by atoms with Crippen molar-refractivity contribution in [3.63, 3.8) is 0 Å². The monoisotopic (exact) mass is 458 g/mol. The van der Waals surface area contributed by atoms with Crippen molar-refractivity contribution < 1.29 is 14.0 Å². The molecule has 0 amide bonds. The normalized spacial score (nSPS) is 16.0. The SMILES string of the molecule is Cl.Cl.[CH3][Ti]([CH3])([CH3])([CH3])([CH2]CP(c1ccccc1)c1ccccc1)[C]1=CC=CC1. The van der Waals surface area contributed by atoms with Crippen LogP contribution in [0.3, 0.4) is 0 Å². The maximum atomic E-state index is 2.63. The van der Waals surface area contributed by atoms with Gasteiger partial charge < -0.3 is 0 Å². The molecule has 0 radical (unpaired) electrons. The van der Waals surface area contributed by atoms with Gasteiger partial charge in [0.25, 0.3) is 0 Å². The van der Waals surface area contributed by atoms with Crippen LogP contribution in [0.25, 0.3) is 0 Å². The summed E-state index contributed by atoms with van der Waals surface area (Å²) in [5.74, 6) is 0. The minimum atomic E-state index is -3.14. The van der Waals surface area contributed by atoms with E-state index in [9.17, 15) is 0 Å². The van der Waals surface area contributed by atoms with Gasteiger partial charge in [-0.05, 0) is 0 Å². The number of allylic oxidation sites excluding steroid dienone is 4. The van der Waals surface area contributed by atoms with Crippen molar-refractivity contribution in [1.29, 1.82) is 0 Å². The summed E-state index contributed by atoms with van der Waals surface area (Å²) in [6, 6.07) is 22.3. The van der Waals surface area contributed by atoms with Gasteiger partial charge in [-0.25, -0.2) is 0 Å². The molecular formula is C23H33Cl2PTi. The molecule has 1 aliphatic rings. The molecule has 1 aliphatic carbocycles. The molecule has 0 atom stereocenters. The number of benzene rings is 2. The first-order chi connectivity index (χ1) is 11.7. The van der Waals surface area contributed by atoms with E-state index in [4.69, 9.17) is 0 Å². The molecule has 0 heterocycles. The third kappa shape index (κ3) is 6.06. The summed E-state index contributed by atoms with van der Waals surface area (Å²) in [4.78, 5) is 0. The van der Waals surface area contributed by atoms with Gasteiger partial charge in [0.15, 0.2) is 0 Å². The number of hydrogen-bond acceptors (Lipinski definition) is 0. The van der Waals surface area contributed by atoms with Gasteiger partial charge in [0.05, 0.1) is 0 Å². The van der Waals surface area contributed by atoms with Crippen molar-refractivity contribution in [3.05, 3.63) is 82.8 Å². The van der Waals surface area contributed by atoms with Gasteiger partial charge in [-0.2, -0.15) is 0 Å². The Morgan fingerprint density at radius 1 is 0.778 bits per heavy atom. The second-order valence-corrected chi connectivity index (χ2v) is 32.1. The third-order valence-corrected chi connectivity index (χ3v) is 18.3. The van der Waals surface area contributed by atoms with E-state index in [0.717, 1.165) is 0 Å². The quantitative estimate of drug-likeness (QED) is 0.308. The molecule has 0 saturated heterocycles. The Bertz CT molecular complexity index is 765. The van der Waals surface area contributed by atoms with Crippen molar-refractivity contribution in [3.8, 4) is 0 Å². The van der Waals surface area contributed by atoms with E-state index in [0.29, 0.717) is 0 Å². The Hall–Kier alpha value is -0.356. The average Bonchev–Trinajstić information content (AvgIpc) is 3.12. The van der Waals surface area contributed by atoms with Crippen molar-refractivity contribution in [2.75, 3.05) is 6.16 Å². The number of halogens is 2. The first-order valence-electron chi connectivity index (χ1n) is 9.41. The van der Waals surface area contributed by atoms with Crippen LogP contribution in [0.2, 0.25) is 25.6 Å². The molecule has 0 unspecified atom stereocenters. The first-order valence-corrected chi connectivity index (χ1v) is 19.1. The fourth-order valence-electron chi connectivity index (χ4n) is 3.72. The Balaban J connectivity index is 0.00000182. The van der Waals surface area contributed by atoms with Crippen LogP contribution in [0.5, 0.6) is 0 Å². The molecular weight excluding hydrogens is 426 g/mol. The summed E-state index contributed by atoms with van der Waals surface area (Å²) in [5.41, 5.74) is 0. The summed E-state index contributed by atoms with van der Waals surface area (Å²) in [6.45, 7) is 0. The molecule has 4 heteroatoms. The Kier molecular flexibility index (Phi) is 7.83. The van der Waals surface area contributed by atoms with Crippen LogP contribution in [0.15, 0.2) is 82.8 Å². The second-order valence-electron chi connectivity index (χ2n) is 10.5. The summed E-state index contributed by atoms with van der Waals surface area (Å²) < 4.78 is 3.08. The molecule has 3 rings (SSSR count). The fourth-order valence-corrected chi connectivity index (χ4v) is 16.1. The van der Waals surface area contributed by atoms with Crippen LogP contribution >= 0.6 is 32.7 Å². The first kappa shape index (κ1) is 24.7. The van der Waals surface area contributed by atoms with E-state index in [1.807, 2.05) is 0 Å². The van der Waals surface area contributed by atoms with Crippen molar-refractivity contribution in [2.45, 2.75) is 32.1 Å². The summed E-state index contributed by atoms with van der Waals surface area (Å²) in [5, 5.41) is 13.5. The number of rotatable bonds is 6. The summed E-state index contributed by atoms with van der Waals surface area (Å²) in [6.07, 6.45) is 9.45. The van der Waals surface area contributed by atoms with Gasteiger partial charge in [0, 0.05) is 0 Å². The molecule has 0 N–H and O–H groups in total. The van der Waals surface area contributed by atoms with Crippen LogP contribution < -0.4 is 10.6 Å². The molecule has 0 aliphatic heterocycles. The van der Waals surface area contributed by atoms with Crippen molar-refractivity contribution in [1.82, 2.24) is 0 Å². The minimum absolute atomic E-state index is 0. The molecule has 0 bridgehead atoms. The predicted octanol–water partition coefficient (Wildman–Crippen LogP) is 7.64. The van der Waals surface area contributed by atoms with E-state index in [2.05, 4.69) is 99.8 Å². The zero-order valence-electron chi connectivity index (χ0n) is 16.9. The van der Waals surface area contributed by atoms with Crippen LogP contribution in [0.1, 0.15) is 6.42 Å². The molecule has 0 aromatic heterocycles. The van der Waals surface area contributed by atoms with Crippen molar-refractivity contribution in [2.24, 2.45) is 0 Å². The van der Waals surface area contributed by atoms with E-state index < -0.39 is 14.0 Å². The number of hydrogen-bond donors (Lipinski definition) is 0. The zero-order valence-corrected chi connectivity index (χ0v) is 21.0. The predicted molar refractivity (Wildman–Crippen MR) is 129 cm³/mol. The molecule has 2 aromatic carbocycles.